The summed E-state index contributed by atoms with van der Waals surface area (Å²) in [6.07, 6.45) is 1.11. The minimum absolute atomic E-state index is 0.102. The molecule has 0 heterocycles. The molecule has 2 aromatic carbocycles. The summed E-state index contributed by atoms with van der Waals surface area (Å²) >= 11 is 0. The molecule has 31 heavy (non-hydrogen) atoms. The first-order valence-electron chi connectivity index (χ1n) is 12.2. The van der Waals surface area contributed by atoms with Crippen LogP contribution in [0.1, 0.15) is 136 Å². The molecule has 2 rings (SSSR count). The summed E-state index contributed by atoms with van der Waals surface area (Å²) in [7, 11) is 0. The first kappa shape index (κ1) is 25.7. The van der Waals surface area contributed by atoms with Crippen molar-refractivity contribution in [2.24, 2.45) is 0 Å². The molecule has 172 valence electrons. The molecule has 1 unspecified atom stereocenters. The van der Waals surface area contributed by atoms with E-state index in [2.05, 4.69) is 126 Å². The molecule has 0 aliphatic heterocycles. The summed E-state index contributed by atoms with van der Waals surface area (Å²) in [5.74, 6) is 0.409. The summed E-state index contributed by atoms with van der Waals surface area (Å²) in [4.78, 5) is 0. The molecule has 0 aromatic heterocycles. The maximum absolute atomic E-state index is 2.52. The van der Waals surface area contributed by atoms with E-state index < -0.39 is 0 Å². The van der Waals surface area contributed by atoms with Crippen molar-refractivity contribution in [1.82, 2.24) is 0 Å². The van der Waals surface area contributed by atoms with E-state index in [0.717, 1.165) is 6.42 Å². The fourth-order valence-corrected chi connectivity index (χ4v) is 5.01. The van der Waals surface area contributed by atoms with Gasteiger partial charge in [0.05, 0.1) is 0 Å². The van der Waals surface area contributed by atoms with Crippen molar-refractivity contribution in [1.29, 1.82) is 0 Å². The van der Waals surface area contributed by atoms with Gasteiger partial charge in [-0.1, -0.05) is 126 Å². The van der Waals surface area contributed by atoms with Crippen LogP contribution in [0.5, 0.6) is 0 Å². The van der Waals surface area contributed by atoms with Gasteiger partial charge >= 0.3 is 0 Å². The molecule has 2 aromatic rings. The third-order valence-electron chi connectivity index (χ3n) is 6.50. The van der Waals surface area contributed by atoms with Crippen LogP contribution >= 0.6 is 0 Å². The van der Waals surface area contributed by atoms with Crippen molar-refractivity contribution in [3.63, 3.8) is 0 Å². The Hall–Kier alpha value is -1.56. The number of benzene rings is 2. The topological polar surface area (TPSA) is 0 Å². The average Bonchev–Trinajstić information content (AvgIpc) is 2.59. The fraction of sp³-hybridized carbons (Fsp3) is 0.613. The van der Waals surface area contributed by atoms with E-state index in [1.54, 1.807) is 0 Å². The predicted octanol–water partition coefficient (Wildman–Crippen LogP) is 9.42. The van der Waals surface area contributed by atoms with Crippen LogP contribution in [-0.4, -0.2) is 0 Å². The van der Waals surface area contributed by atoms with Gasteiger partial charge in [-0.3, -0.25) is 0 Å². The highest BCUT2D eigenvalue weighted by Gasteiger charge is 2.31. The lowest BCUT2D eigenvalue weighted by Crippen LogP contribution is -2.25. The van der Waals surface area contributed by atoms with Gasteiger partial charge in [0.2, 0.25) is 0 Å². The quantitative estimate of drug-likeness (QED) is 0.464. The SMILES string of the molecule is CCC(c1ccc(C(C)(C)C)c(C(C)(C)C)c1)c1cccc(C(C)(C)C)c1C(C)(C)C. The van der Waals surface area contributed by atoms with E-state index in [-0.39, 0.29) is 21.7 Å². The number of hydrogen-bond acceptors (Lipinski definition) is 0. The van der Waals surface area contributed by atoms with Gasteiger partial charge in [-0.25, -0.2) is 0 Å². The molecule has 0 nitrogen and oxygen atoms in total. The normalized spacial score (nSPS) is 14.6. The highest BCUT2D eigenvalue weighted by atomic mass is 14.4. The van der Waals surface area contributed by atoms with Gasteiger partial charge < -0.3 is 0 Å². The molecule has 0 spiro atoms. The maximum Gasteiger partial charge on any atom is 0.00898 e. The maximum atomic E-state index is 2.52. The Morgan fingerprint density at radius 1 is 0.581 bits per heavy atom. The van der Waals surface area contributed by atoms with Crippen molar-refractivity contribution < 1.29 is 0 Å². The summed E-state index contributed by atoms with van der Waals surface area (Å²) in [6.45, 7) is 30.5. The summed E-state index contributed by atoms with van der Waals surface area (Å²) in [5.41, 5.74) is 9.43. The minimum atomic E-state index is 0.102. The zero-order valence-corrected chi connectivity index (χ0v) is 22.7. The molecule has 0 saturated carbocycles. The molecule has 0 amide bonds. The van der Waals surface area contributed by atoms with Crippen molar-refractivity contribution in [3.05, 3.63) is 69.8 Å². The molecule has 1 atom stereocenters. The van der Waals surface area contributed by atoms with Gasteiger partial charge in [0, 0.05) is 5.92 Å². The smallest absolute Gasteiger partial charge is 0.00898 e. The minimum Gasteiger partial charge on any atom is -0.0645 e. The highest BCUT2D eigenvalue weighted by Crippen LogP contribution is 2.43. The Labute approximate surface area is 193 Å². The van der Waals surface area contributed by atoms with Crippen LogP contribution in [0.3, 0.4) is 0 Å². The Kier molecular flexibility index (Phi) is 6.98. The van der Waals surface area contributed by atoms with Crippen LogP contribution in [-0.2, 0) is 21.7 Å². The molecule has 0 radical (unpaired) electrons. The molecular formula is C31H48. The van der Waals surface area contributed by atoms with Crippen LogP contribution < -0.4 is 0 Å². The van der Waals surface area contributed by atoms with E-state index in [1.165, 1.54) is 33.4 Å². The number of rotatable bonds is 3. The average molecular weight is 421 g/mol. The second kappa shape index (κ2) is 8.42. The lowest BCUT2D eigenvalue weighted by atomic mass is 9.69. The van der Waals surface area contributed by atoms with Crippen molar-refractivity contribution in [3.8, 4) is 0 Å². The van der Waals surface area contributed by atoms with Gasteiger partial charge in [-0.2, -0.15) is 0 Å². The Balaban J connectivity index is 2.81. The fourth-order valence-electron chi connectivity index (χ4n) is 5.01. The van der Waals surface area contributed by atoms with Gasteiger partial charge in [0.15, 0.2) is 0 Å². The second-order valence-electron chi connectivity index (χ2n) is 13.5. The third-order valence-corrected chi connectivity index (χ3v) is 6.50. The Bertz CT molecular complexity index is 899. The summed E-state index contributed by atoms with van der Waals surface area (Å²) < 4.78 is 0. The largest absolute Gasteiger partial charge is 0.0645 e. The van der Waals surface area contributed by atoms with E-state index >= 15 is 0 Å². The van der Waals surface area contributed by atoms with E-state index in [1.807, 2.05) is 0 Å². The lowest BCUT2D eigenvalue weighted by molar-refractivity contribution is 0.518. The molecule has 0 saturated heterocycles. The molecular weight excluding hydrogens is 372 g/mol. The Morgan fingerprint density at radius 3 is 1.52 bits per heavy atom. The van der Waals surface area contributed by atoms with Crippen molar-refractivity contribution in [2.45, 2.75) is 124 Å². The monoisotopic (exact) mass is 420 g/mol. The zero-order valence-electron chi connectivity index (χ0n) is 22.7. The molecule has 0 aliphatic carbocycles. The van der Waals surface area contributed by atoms with Crippen LogP contribution in [0.4, 0.5) is 0 Å². The number of hydrogen-bond donors (Lipinski definition) is 0. The second-order valence-corrected chi connectivity index (χ2v) is 13.5. The standard InChI is InChI=1S/C31H48/c1-14-22(21-18-19-24(28(2,3)4)26(20-21)30(8,9)10)23-16-15-17-25(29(5,6)7)27(23)31(11,12)13/h15-20,22H,14H2,1-13H3. The third kappa shape index (κ3) is 5.63. The van der Waals surface area contributed by atoms with Gasteiger partial charge in [-0.05, 0) is 61.5 Å². The molecule has 0 aliphatic rings. The first-order valence-corrected chi connectivity index (χ1v) is 12.2. The van der Waals surface area contributed by atoms with Gasteiger partial charge in [0.1, 0.15) is 0 Å². The molecule has 0 N–H and O–H groups in total. The van der Waals surface area contributed by atoms with Crippen LogP contribution in [0.25, 0.3) is 0 Å². The molecule has 0 heteroatoms. The lowest BCUT2D eigenvalue weighted by Gasteiger charge is -2.35. The summed E-state index contributed by atoms with van der Waals surface area (Å²) in [5, 5.41) is 0. The molecule has 0 fully saturated rings. The van der Waals surface area contributed by atoms with Crippen LogP contribution in [0, 0.1) is 0 Å². The van der Waals surface area contributed by atoms with Crippen molar-refractivity contribution in [2.75, 3.05) is 0 Å². The van der Waals surface area contributed by atoms with E-state index in [4.69, 9.17) is 0 Å². The van der Waals surface area contributed by atoms with Crippen LogP contribution in [0.15, 0.2) is 36.4 Å². The summed E-state index contributed by atoms with van der Waals surface area (Å²) in [6, 6.07) is 14.3. The van der Waals surface area contributed by atoms with E-state index in [0.29, 0.717) is 5.92 Å². The first-order chi connectivity index (χ1) is 13.9. The van der Waals surface area contributed by atoms with Crippen molar-refractivity contribution >= 4 is 0 Å². The van der Waals surface area contributed by atoms with E-state index in [9.17, 15) is 0 Å². The highest BCUT2D eigenvalue weighted by molar-refractivity contribution is 5.50. The molecule has 0 bridgehead atoms. The predicted molar refractivity (Wildman–Crippen MR) is 140 cm³/mol. The Morgan fingerprint density at radius 2 is 1.10 bits per heavy atom. The van der Waals surface area contributed by atoms with Crippen LogP contribution in [0.2, 0.25) is 0 Å². The zero-order chi connectivity index (χ0) is 24.0. The van der Waals surface area contributed by atoms with Gasteiger partial charge in [0.25, 0.3) is 0 Å². The van der Waals surface area contributed by atoms with Gasteiger partial charge in [-0.15, -0.1) is 0 Å².